The fourth-order valence-electron chi connectivity index (χ4n) is 1.90. The Labute approximate surface area is 130 Å². The maximum Gasteiger partial charge on any atom is 0.230 e. The first kappa shape index (κ1) is 14.0. The second-order valence-electron chi connectivity index (χ2n) is 4.54. The highest BCUT2D eigenvalue weighted by Crippen LogP contribution is 2.36. The lowest BCUT2D eigenvalue weighted by molar-refractivity contribution is -0.117. The van der Waals surface area contributed by atoms with Crippen molar-refractivity contribution in [3.8, 4) is 10.4 Å². The zero-order chi connectivity index (χ0) is 14.8. The van der Waals surface area contributed by atoms with Crippen LogP contribution in [-0.2, 0) is 4.79 Å². The van der Waals surface area contributed by atoms with Crippen LogP contribution in [0.4, 0.5) is 0 Å². The molecule has 6 heteroatoms. The number of carbonyl (C=O) groups excluding carboxylic acids is 1. The number of benzene rings is 1. The van der Waals surface area contributed by atoms with Gasteiger partial charge in [0.1, 0.15) is 16.2 Å². The molecular weight excluding hydrogens is 302 g/mol. The summed E-state index contributed by atoms with van der Waals surface area (Å²) < 4.78 is 0. The summed E-state index contributed by atoms with van der Waals surface area (Å²) in [5, 5.41) is 1.45. The van der Waals surface area contributed by atoms with Crippen LogP contribution in [0.25, 0.3) is 20.7 Å². The Morgan fingerprint density at radius 1 is 1.29 bits per heavy atom. The highest BCUT2D eigenvalue weighted by molar-refractivity contribution is 8.00. The van der Waals surface area contributed by atoms with Crippen molar-refractivity contribution >= 4 is 39.2 Å². The average Bonchev–Trinajstić information content (AvgIpc) is 2.93. The Morgan fingerprint density at radius 3 is 2.76 bits per heavy atom. The van der Waals surface area contributed by atoms with Gasteiger partial charge in [0.25, 0.3) is 0 Å². The molecule has 1 amide bonds. The smallest absolute Gasteiger partial charge is 0.230 e. The minimum atomic E-state index is -0.342. The summed E-state index contributed by atoms with van der Waals surface area (Å²) in [5.74, 6) is -0.342. The van der Waals surface area contributed by atoms with E-state index in [1.54, 1.807) is 18.3 Å². The van der Waals surface area contributed by atoms with Gasteiger partial charge in [0.2, 0.25) is 5.91 Å². The van der Waals surface area contributed by atoms with Crippen molar-refractivity contribution in [2.45, 2.75) is 17.2 Å². The molecule has 0 unspecified atom stereocenters. The van der Waals surface area contributed by atoms with Crippen molar-refractivity contribution in [3.63, 3.8) is 0 Å². The van der Waals surface area contributed by atoms with Crippen LogP contribution >= 0.6 is 23.1 Å². The molecule has 0 spiro atoms. The molecule has 0 radical (unpaired) electrons. The maximum atomic E-state index is 11.2. The number of hydrogen-bond donors (Lipinski definition) is 1. The molecule has 0 aliphatic heterocycles. The van der Waals surface area contributed by atoms with Gasteiger partial charge in [-0.1, -0.05) is 42.1 Å². The first-order valence-corrected chi connectivity index (χ1v) is 8.10. The molecule has 0 bridgehead atoms. The molecule has 3 rings (SSSR count). The average molecular weight is 315 g/mol. The van der Waals surface area contributed by atoms with E-state index in [0.717, 1.165) is 25.7 Å². The molecule has 21 heavy (non-hydrogen) atoms. The van der Waals surface area contributed by atoms with Gasteiger partial charge in [-0.2, -0.15) is 0 Å². The standard InChI is InChI=1S/C15H13N3OS2/c1-9(13(16)19)20-14-11-7-12(10-5-3-2-4-6-10)21-15(11)18-8-17-14/h2-9H,1H3,(H2,16,19)/t9-/m0/s1. The highest BCUT2D eigenvalue weighted by Gasteiger charge is 2.16. The molecule has 4 nitrogen and oxygen atoms in total. The number of fused-ring (bicyclic) bond motifs is 1. The van der Waals surface area contributed by atoms with Gasteiger partial charge in [0, 0.05) is 10.3 Å². The third-order valence-corrected chi connectivity index (χ3v) is 5.27. The molecule has 106 valence electrons. The second-order valence-corrected chi connectivity index (χ2v) is 6.90. The molecule has 0 fully saturated rings. The van der Waals surface area contributed by atoms with Crippen LogP contribution in [0.3, 0.4) is 0 Å². The van der Waals surface area contributed by atoms with E-state index in [1.807, 2.05) is 18.2 Å². The van der Waals surface area contributed by atoms with Crippen LogP contribution in [0.5, 0.6) is 0 Å². The van der Waals surface area contributed by atoms with Gasteiger partial charge in [0.05, 0.1) is 5.25 Å². The zero-order valence-electron chi connectivity index (χ0n) is 11.3. The number of aromatic nitrogens is 2. The quantitative estimate of drug-likeness (QED) is 0.592. The van der Waals surface area contributed by atoms with Crippen LogP contribution < -0.4 is 5.73 Å². The van der Waals surface area contributed by atoms with Gasteiger partial charge in [-0.25, -0.2) is 9.97 Å². The van der Waals surface area contributed by atoms with Crippen LogP contribution in [0.1, 0.15) is 6.92 Å². The number of thioether (sulfide) groups is 1. The minimum absolute atomic E-state index is 0.317. The highest BCUT2D eigenvalue weighted by atomic mass is 32.2. The Kier molecular flexibility index (Phi) is 3.90. The number of primary amides is 1. The number of hydrogen-bond acceptors (Lipinski definition) is 5. The van der Waals surface area contributed by atoms with Crippen LogP contribution in [-0.4, -0.2) is 21.1 Å². The van der Waals surface area contributed by atoms with E-state index in [0.29, 0.717) is 0 Å². The lowest BCUT2D eigenvalue weighted by Gasteiger charge is -2.06. The lowest BCUT2D eigenvalue weighted by atomic mass is 10.2. The molecule has 2 N–H and O–H groups in total. The summed E-state index contributed by atoms with van der Waals surface area (Å²) in [6.45, 7) is 1.78. The van der Waals surface area contributed by atoms with E-state index in [4.69, 9.17) is 5.73 Å². The van der Waals surface area contributed by atoms with Crippen LogP contribution in [0.2, 0.25) is 0 Å². The number of nitrogens with two attached hydrogens (primary N) is 1. The number of nitrogens with zero attached hydrogens (tertiary/aromatic N) is 2. The monoisotopic (exact) mass is 315 g/mol. The Hall–Kier alpha value is -1.92. The third-order valence-electron chi connectivity index (χ3n) is 3.04. The van der Waals surface area contributed by atoms with Gasteiger partial charge in [-0.15, -0.1) is 11.3 Å². The first-order chi connectivity index (χ1) is 10.1. The van der Waals surface area contributed by atoms with E-state index in [2.05, 4.69) is 28.2 Å². The number of amides is 1. The van der Waals surface area contributed by atoms with Gasteiger partial charge in [0.15, 0.2) is 0 Å². The van der Waals surface area contributed by atoms with E-state index in [-0.39, 0.29) is 11.2 Å². The molecule has 0 saturated heterocycles. The van der Waals surface area contributed by atoms with Gasteiger partial charge in [-0.05, 0) is 18.6 Å². The van der Waals surface area contributed by atoms with E-state index < -0.39 is 0 Å². The molecule has 0 aliphatic carbocycles. The largest absolute Gasteiger partial charge is 0.369 e. The fraction of sp³-hybridized carbons (Fsp3) is 0.133. The van der Waals surface area contributed by atoms with Gasteiger partial charge in [-0.3, -0.25) is 4.79 Å². The topological polar surface area (TPSA) is 68.9 Å². The van der Waals surface area contributed by atoms with Crippen molar-refractivity contribution in [2.24, 2.45) is 5.73 Å². The molecule has 1 atom stereocenters. The van der Waals surface area contributed by atoms with Crippen LogP contribution in [0.15, 0.2) is 47.8 Å². The normalized spacial score (nSPS) is 12.4. The zero-order valence-corrected chi connectivity index (χ0v) is 12.9. The number of carbonyl (C=O) groups is 1. The summed E-state index contributed by atoms with van der Waals surface area (Å²) in [7, 11) is 0. The van der Waals surface area contributed by atoms with E-state index in [1.165, 1.54) is 18.1 Å². The molecule has 1 aromatic carbocycles. The Bertz CT molecular complexity index is 786. The van der Waals surface area contributed by atoms with E-state index >= 15 is 0 Å². The molecular formula is C15H13N3OS2. The van der Waals surface area contributed by atoms with Crippen molar-refractivity contribution < 1.29 is 4.79 Å². The Balaban J connectivity index is 2.04. The summed E-state index contributed by atoms with van der Waals surface area (Å²) in [5.41, 5.74) is 6.48. The van der Waals surface area contributed by atoms with Crippen molar-refractivity contribution in [2.75, 3.05) is 0 Å². The summed E-state index contributed by atoms with van der Waals surface area (Å²) in [6, 6.07) is 12.2. The fourth-order valence-corrected chi connectivity index (χ4v) is 3.81. The third kappa shape index (κ3) is 2.91. The van der Waals surface area contributed by atoms with E-state index in [9.17, 15) is 4.79 Å². The predicted octanol–water partition coefficient (Wildman–Crippen LogP) is 3.32. The molecule has 0 saturated carbocycles. The Morgan fingerprint density at radius 2 is 2.05 bits per heavy atom. The number of thiophene rings is 1. The maximum absolute atomic E-state index is 11.2. The van der Waals surface area contributed by atoms with Gasteiger partial charge < -0.3 is 5.73 Å². The van der Waals surface area contributed by atoms with Gasteiger partial charge >= 0.3 is 0 Å². The molecule has 2 heterocycles. The number of rotatable bonds is 4. The van der Waals surface area contributed by atoms with Crippen LogP contribution in [0, 0.1) is 0 Å². The lowest BCUT2D eigenvalue weighted by Crippen LogP contribution is -2.22. The summed E-state index contributed by atoms with van der Waals surface area (Å²) in [4.78, 5) is 21.9. The minimum Gasteiger partial charge on any atom is -0.369 e. The van der Waals surface area contributed by atoms with Crippen molar-refractivity contribution in [1.82, 2.24) is 9.97 Å². The predicted molar refractivity (Wildman–Crippen MR) is 87.4 cm³/mol. The first-order valence-electron chi connectivity index (χ1n) is 6.41. The molecule has 0 aliphatic rings. The molecule has 3 aromatic rings. The van der Waals surface area contributed by atoms with Crippen molar-refractivity contribution in [1.29, 1.82) is 0 Å². The van der Waals surface area contributed by atoms with Crippen molar-refractivity contribution in [3.05, 3.63) is 42.7 Å². The SMILES string of the molecule is C[C@H](Sc1ncnc2sc(-c3ccccc3)cc12)C(N)=O. The second kappa shape index (κ2) is 5.83. The summed E-state index contributed by atoms with van der Waals surface area (Å²) >= 11 is 2.99. The summed E-state index contributed by atoms with van der Waals surface area (Å²) in [6.07, 6.45) is 1.53. The molecule has 2 aromatic heterocycles.